The number of fused-ring (bicyclic) bond motifs is 1. The van der Waals surface area contributed by atoms with Gasteiger partial charge in [0.25, 0.3) is 0 Å². The monoisotopic (exact) mass is 319 g/mol. The highest BCUT2D eigenvalue weighted by Gasteiger charge is 2.30. The number of hydrogen-bond donors (Lipinski definition) is 0. The molecule has 1 aromatic carbocycles. The number of nitrogens with zero attached hydrogens (tertiary/aromatic N) is 3. The van der Waals surface area contributed by atoms with Crippen molar-refractivity contribution in [2.24, 2.45) is 0 Å². The fraction of sp³-hybridized carbons (Fsp3) is 0.188. The van der Waals surface area contributed by atoms with Crippen molar-refractivity contribution < 1.29 is 18.0 Å². The fourth-order valence-corrected chi connectivity index (χ4v) is 2.37. The third kappa shape index (κ3) is 2.69. The average molecular weight is 319 g/mol. The molecule has 0 N–H and O–H groups in total. The second-order valence-electron chi connectivity index (χ2n) is 5.16. The predicted molar refractivity (Wildman–Crippen MR) is 77.9 cm³/mol. The molecule has 1 atom stereocenters. The first kappa shape index (κ1) is 15.2. The van der Waals surface area contributed by atoms with Crippen molar-refractivity contribution in [1.82, 2.24) is 14.6 Å². The Hall–Kier alpha value is -2.70. The Bertz CT molecular complexity index is 853. The molecule has 0 aliphatic heterocycles. The third-order valence-electron chi connectivity index (χ3n) is 3.62. The Morgan fingerprint density at radius 3 is 2.48 bits per heavy atom. The molecule has 0 spiro atoms. The molecule has 118 valence electrons. The highest BCUT2D eigenvalue weighted by Crippen LogP contribution is 2.32. The zero-order valence-electron chi connectivity index (χ0n) is 12.1. The first-order valence-electron chi connectivity index (χ1n) is 6.87. The van der Waals surface area contributed by atoms with Gasteiger partial charge in [-0.05, 0) is 23.8 Å². The van der Waals surface area contributed by atoms with E-state index in [0.717, 1.165) is 18.4 Å². The van der Waals surface area contributed by atoms with Gasteiger partial charge in [0, 0.05) is 11.8 Å². The molecule has 2 aromatic heterocycles. The maximum absolute atomic E-state index is 12.6. The number of carbonyl (C=O) groups excluding carboxylic acids is 1. The van der Waals surface area contributed by atoms with Crippen LogP contribution in [0.25, 0.3) is 16.8 Å². The van der Waals surface area contributed by atoms with Crippen LogP contribution in [0.3, 0.4) is 0 Å². The summed E-state index contributed by atoms with van der Waals surface area (Å²) in [6.07, 6.45) is -0.482. The van der Waals surface area contributed by atoms with Gasteiger partial charge in [0.15, 0.2) is 5.65 Å². The molecule has 0 saturated heterocycles. The van der Waals surface area contributed by atoms with E-state index in [1.807, 2.05) is 0 Å². The van der Waals surface area contributed by atoms with Crippen molar-refractivity contribution in [1.29, 1.82) is 0 Å². The number of aldehydes is 1. The fourth-order valence-electron chi connectivity index (χ4n) is 2.37. The topological polar surface area (TPSA) is 47.3 Å². The number of rotatable bonds is 3. The van der Waals surface area contributed by atoms with Crippen LogP contribution in [0.15, 0.2) is 42.7 Å². The van der Waals surface area contributed by atoms with Crippen LogP contribution in [0.2, 0.25) is 0 Å². The van der Waals surface area contributed by atoms with Crippen molar-refractivity contribution >= 4 is 11.9 Å². The van der Waals surface area contributed by atoms with Crippen molar-refractivity contribution in [2.45, 2.75) is 19.0 Å². The van der Waals surface area contributed by atoms with E-state index in [1.54, 1.807) is 19.2 Å². The molecule has 0 radical (unpaired) electrons. The standard InChI is InChI=1S/C16H12F3N3O/c1-10(9-23)14-6-7-20-15-13(8-21-22(14)15)11-2-4-12(5-3-11)16(17,18)19/h2-10H,1H3. The molecule has 3 aromatic rings. The lowest BCUT2D eigenvalue weighted by Crippen LogP contribution is -2.05. The van der Waals surface area contributed by atoms with E-state index in [4.69, 9.17) is 0 Å². The van der Waals surface area contributed by atoms with E-state index in [1.165, 1.54) is 22.8 Å². The molecular formula is C16H12F3N3O. The minimum Gasteiger partial charge on any atom is -0.303 e. The molecule has 1 unspecified atom stereocenters. The van der Waals surface area contributed by atoms with E-state index in [0.29, 0.717) is 22.5 Å². The maximum Gasteiger partial charge on any atom is 0.416 e. The van der Waals surface area contributed by atoms with Crippen LogP contribution in [0.5, 0.6) is 0 Å². The molecule has 0 aliphatic carbocycles. The van der Waals surface area contributed by atoms with Crippen LogP contribution in [0, 0.1) is 0 Å². The van der Waals surface area contributed by atoms with Crippen LogP contribution < -0.4 is 0 Å². The number of hydrogen-bond acceptors (Lipinski definition) is 3. The molecule has 0 saturated carbocycles. The lowest BCUT2D eigenvalue weighted by molar-refractivity contribution is -0.137. The van der Waals surface area contributed by atoms with Crippen molar-refractivity contribution in [2.75, 3.05) is 0 Å². The van der Waals surface area contributed by atoms with Crippen molar-refractivity contribution in [3.05, 3.63) is 54.0 Å². The molecule has 7 heteroatoms. The van der Waals surface area contributed by atoms with Gasteiger partial charge < -0.3 is 4.79 Å². The smallest absolute Gasteiger partial charge is 0.303 e. The van der Waals surface area contributed by atoms with Gasteiger partial charge in [-0.2, -0.15) is 18.3 Å². The zero-order valence-corrected chi connectivity index (χ0v) is 12.1. The first-order chi connectivity index (χ1) is 10.9. The Kier molecular flexibility index (Phi) is 3.63. The number of carbonyl (C=O) groups is 1. The lowest BCUT2D eigenvalue weighted by Gasteiger charge is -2.08. The van der Waals surface area contributed by atoms with Crippen LogP contribution in [0.4, 0.5) is 13.2 Å². The Morgan fingerprint density at radius 2 is 1.87 bits per heavy atom. The summed E-state index contributed by atoms with van der Waals surface area (Å²) in [6.45, 7) is 1.74. The number of aromatic nitrogens is 3. The predicted octanol–water partition coefficient (Wildman–Crippen LogP) is 3.72. The third-order valence-corrected chi connectivity index (χ3v) is 3.62. The van der Waals surface area contributed by atoms with E-state index in [2.05, 4.69) is 10.1 Å². The maximum atomic E-state index is 12.6. The number of benzene rings is 1. The van der Waals surface area contributed by atoms with Gasteiger partial charge in [0.05, 0.1) is 23.4 Å². The minimum absolute atomic E-state index is 0.360. The molecule has 0 amide bonds. The zero-order chi connectivity index (χ0) is 16.6. The van der Waals surface area contributed by atoms with Gasteiger partial charge in [0.1, 0.15) is 6.29 Å². The molecular weight excluding hydrogens is 307 g/mol. The van der Waals surface area contributed by atoms with E-state index in [-0.39, 0.29) is 5.92 Å². The van der Waals surface area contributed by atoms with Gasteiger partial charge in [0.2, 0.25) is 0 Å². The summed E-state index contributed by atoms with van der Waals surface area (Å²) in [6, 6.07) is 6.51. The van der Waals surface area contributed by atoms with Gasteiger partial charge in [-0.3, -0.25) is 0 Å². The summed E-state index contributed by atoms with van der Waals surface area (Å²) in [5.41, 5.74) is 1.65. The summed E-state index contributed by atoms with van der Waals surface area (Å²) < 4.78 is 39.4. The largest absolute Gasteiger partial charge is 0.416 e. The van der Waals surface area contributed by atoms with Crippen molar-refractivity contribution in [3.8, 4) is 11.1 Å². The lowest BCUT2D eigenvalue weighted by atomic mass is 10.1. The quantitative estimate of drug-likeness (QED) is 0.691. The highest BCUT2D eigenvalue weighted by molar-refractivity contribution is 5.77. The molecule has 0 bridgehead atoms. The molecule has 0 aliphatic rings. The SMILES string of the molecule is CC(C=O)c1ccnc2c(-c3ccc(C(F)(F)F)cc3)cnn12. The highest BCUT2D eigenvalue weighted by atomic mass is 19.4. The molecule has 3 rings (SSSR count). The van der Waals surface area contributed by atoms with Crippen LogP contribution in [-0.4, -0.2) is 20.9 Å². The van der Waals surface area contributed by atoms with Gasteiger partial charge >= 0.3 is 6.18 Å². The summed E-state index contributed by atoms with van der Waals surface area (Å²) in [4.78, 5) is 15.2. The van der Waals surface area contributed by atoms with E-state index >= 15 is 0 Å². The summed E-state index contributed by atoms with van der Waals surface area (Å²) in [5, 5.41) is 4.21. The van der Waals surface area contributed by atoms with Crippen molar-refractivity contribution in [3.63, 3.8) is 0 Å². The van der Waals surface area contributed by atoms with Gasteiger partial charge in [-0.1, -0.05) is 19.1 Å². The molecule has 4 nitrogen and oxygen atoms in total. The Balaban J connectivity index is 2.09. The molecule has 2 heterocycles. The van der Waals surface area contributed by atoms with Gasteiger partial charge in [-0.15, -0.1) is 0 Å². The molecule has 23 heavy (non-hydrogen) atoms. The number of alkyl halides is 3. The Morgan fingerprint density at radius 1 is 1.17 bits per heavy atom. The van der Waals surface area contributed by atoms with E-state index in [9.17, 15) is 18.0 Å². The van der Waals surface area contributed by atoms with Crippen LogP contribution in [0.1, 0.15) is 24.1 Å². The second kappa shape index (κ2) is 5.49. The van der Waals surface area contributed by atoms with Gasteiger partial charge in [-0.25, -0.2) is 9.50 Å². The normalized spacial score (nSPS) is 13.2. The molecule has 0 fully saturated rings. The summed E-state index contributed by atoms with van der Waals surface area (Å²) >= 11 is 0. The average Bonchev–Trinajstić information content (AvgIpc) is 2.97. The minimum atomic E-state index is -4.37. The Labute approximate surface area is 129 Å². The second-order valence-corrected chi connectivity index (χ2v) is 5.16. The van der Waals surface area contributed by atoms with Crippen LogP contribution >= 0.6 is 0 Å². The summed E-state index contributed by atoms with van der Waals surface area (Å²) in [5.74, 6) is -0.360. The summed E-state index contributed by atoms with van der Waals surface area (Å²) in [7, 11) is 0. The first-order valence-corrected chi connectivity index (χ1v) is 6.87. The van der Waals surface area contributed by atoms with Crippen LogP contribution in [-0.2, 0) is 11.0 Å². The van der Waals surface area contributed by atoms with E-state index < -0.39 is 11.7 Å². The number of halogens is 3.